The highest BCUT2D eigenvalue weighted by Crippen LogP contribution is 2.22. The van der Waals surface area contributed by atoms with Crippen LogP contribution in [-0.4, -0.2) is 38.5 Å². The normalized spacial score (nSPS) is 11.8. The van der Waals surface area contributed by atoms with Gasteiger partial charge in [-0.25, -0.2) is 0 Å². The molecular weight excluding hydrogens is 366 g/mol. The summed E-state index contributed by atoms with van der Waals surface area (Å²) < 4.78 is 0. The number of rotatable bonds is 8. The number of thiophene rings is 1. The molecule has 1 amide bonds. The second kappa shape index (κ2) is 9.53. The van der Waals surface area contributed by atoms with Crippen LogP contribution in [0.1, 0.15) is 22.0 Å². The van der Waals surface area contributed by atoms with E-state index < -0.39 is 0 Å². The van der Waals surface area contributed by atoms with Crippen molar-refractivity contribution >= 4 is 22.9 Å². The zero-order valence-corrected chi connectivity index (χ0v) is 17.5. The molecule has 0 saturated carbocycles. The topological polar surface area (TPSA) is 40.2 Å². The first-order valence-electron chi connectivity index (χ1n) is 9.46. The summed E-state index contributed by atoms with van der Waals surface area (Å²) in [5.74, 6) is 0.133. The highest BCUT2D eigenvalue weighted by molar-refractivity contribution is 7.10. The Labute approximate surface area is 171 Å². The number of carbonyl (C=O) groups excluding carboxylic acids is 1. The maximum atomic E-state index is 12.7. The lowest BCUT2D eigenvalue weighted by Gasteiger charge is -2.20. The molecule has 0 saturated heterocycles. The average Bonchev–Trinajstić information content (AvgIpc) is 3.23. The van der Waals surface area contributed by atoms with E-state index in [1.807, 2.05) is 27.2 Å². The summed E-state index contributed by atoms with van der Waals surface area (Å²) >= 11 is 1.73. The zero-order chi connectivity index (χ0) is 19.9. The molecule has 0 aliphatic carbocycles. The smallest absolute Gasteiger partial charge is 0.277 e. The minimum Gasteiger partial charge on any atom is -0.378 e. The van der Waals surface area contributed by atoms with Crippen molar-refractivity contribution in [2.24, 2.45) is 0 Å². The third kappa shape index (κ3) is 5.21. The van der Waals surface area contributed by atoms with E-state index in [9.17, 15) is 4.79 Å². The average molecular weight is 395 g/mol. The fraction of sp³-hybridized carbons (Fsp3) is 0.261. The van der Waals surface area contributed by atoms with E-state index >= 15 is 0 Å². The molecule has 0 bridgehead atoms. The van der Waals surface area contributed by atoms with Crippen molar-refractivity contribution in [2.75, 3.05) is 32.6 Å². The van der Waals surface area contributed by atoms with Gasteiger partial charge < -0.3 is 15.1 Å². The van der Waals surface area contributed by atoms with Gasteiger partial charge >= 0.3 is 0 Å². The van der Waals surface area contributed by atoms with Gasteiger partial charge in [-0.05, 0) is 29.1 Å². The largest absolute Gasteiger partial charge is 0.378 e. The van der Waals surface area contributed by atoms with Crippen LogP contribution < -0.4 is 10.2 Å². The van der Waals surface area contributed by atoms with E-state index in [1.165, 1.54) is 10.4 Å². The zero-order valence-electron chi connectivity index (χ0n) is 16.7. The van der Waals surface area contributed by atoms with E-state index in [2.05, 4.69) is 76.3 Å². The molecule has 1 aromatic heterocycles. The van der Waals surface area contributed by atoms with Crippen LogP contribution in [0.3, 0.4) is 0 Å². The number of quaternary nitrogens is 1. The SMILES string of the molecule is CN(Cc1ccc(N(C)C)cc1)C(=O)C[NH2+][C@H](c1ccccc1)c1cccs1. The summed E-state index contributed by atoms with van der Waals surface area (Å²) in [5, 5.41) is 4.22. The van der Waals surface area contributed by atoms with Crippen LogP contribution >= 0.6 is 11.3 Å². The molecule has 146 valence electrons. The molecule has 0 aliphatic heterocycles. The molecular formula is C23H28N3OS+. The van der Waals surface area contributed by atoms with Crippen molar-refractivity contribution in [1.29, 1.82) is 0 Å². The minimum absolute atomic E-state index is 0.133. The van der Waals surface area contributed by atoms with Gasteiger partial charge in [-0.3, -0.25) is 4.79 Å². The van der Waals surface area contributed by atoms with Crippen LogP contribution in [0, 0.1) is 0 Å². The monoisotopic (exact) mass is 394 g/mol. The Kier molecular flexibility index (Phi) is 6.85. The number of amides is 1. The van der Waals surface area contributed by atoms with Gasteiger partial charge in [0.05, 0.1) is 4.88 Å². The molecule has 3 rings (SSSR count). The van der Waals surface area contributed by atoms with Crippen LogP contribution in [-0.2, 0) is 11.3 Å². The number of anilines is 1. The molecule has 0 radical (unpaired) electrons. The van der Waals surface area contributed by atoms with Crippen molar-refractivity contribution in [3.63, 3.8) is 0 Å². The van der Waals surface area contributed by atoms with Crippen molar-refractivity contribution in [3.8, 4) is 0 Å². The molecule has 0 fully saturated rings. The summed E-state index contributed by atoms with van der Waals surface area (Å²) in [6.45, 7) is 1.04. The number of nitrogens with two attached hydrogens (primary N) is 1. The third-order valence-corrected chi connectivity index (χ3v) is 5.79. The highest BCUT2D eigenvalue weighted by Gasteiger charge is 2.21. The van der Waals surface area contributed by atoms with E-state index in [0.717, 1.165) is 11.3 Å². The number of hydrogen-bond acceptors (Lipinski definition) is 3. The van der Waals surface area contributed by atoms with E-state index in [4.69, 9.17) is 0 Å². The maximum absolute atomic E-state index is 12.7. The molecule has 3 aromatic rings. The number of nitrogens with zero attached hydrogens (tertiary/aromatic N) is 2. The van der Waals surface area contributed by atoms with Crippen molar-refractivity contribution in [2.45, 2.75) is 12.6 Å². The Balaban J connectivity index is 1.61. The van der Waals surface area contributed by atoms with Crippen LogP contribution in [0.2, 0.25) is 0 Å². The second-order valence-corrected chi connectivity index (χ2v) is 8.13. The summed E-state index contributed by atoms with van der Waals surface area (Å²) in [5.41, 5.74) is 3.52. The number of likely N-dealkylation sites (N-methyl/N-ethyl adjacent to an activating group) is 1. The third-order valence-electron chi connectivity index (χ3n) is 4.83. The first-order valence-corrected chi connectivity index (χ1v) is 10.3. The van der Waals surface area contributed by atoms with Gasteiger partial charge in [-0.15, -0.1) is 11.3 Å². The molecule has 0 spiro atoms. The van der Waals surface area contributed by atoms with E-state index in [1.54, 1.807) is 16.2 Å². The Morgan fingerprint density at radius 1 is 0.964 bits per heavy atom. The first kappa shape index (κ1) is 20.1. The van der Waals surface area contributed by atoms with Gasteiger partial charge in [0.2, 0.25) is 0 Å². The van der Waals surface area contributed by atoms with Crippen molar-refractivity contribution in [1.82, 2.24) is 4.90 Å². The van der Waals surface area contributed by atoms with Gasteiger partial charge in [0, 0.05) is 38.9 Å². The van der Waals surface area contributed by atoms with Gasteiger partial charge in [0.15, 0.2) is 6.54 Å². The highest BCUT2D eigenvalue weighted by atomic mass is 32.1. The summed E-state index contributed by atoms with van der Waals surface area (Å²) in [6, 6.07) is 23.1. The lowest BCUT2D eigenvalue weighted by atomic mass is 10.1. The van der Waals surface area contributed by atoms with E-state index in [-0.39, 0.29) is 11.9 Å². The molecule has 4 nitrogen and oxygen atoms in total. The van der Waals surface area contributed by atoms with E-state index in [0.29, 0.717) is 13.1 Å². The quantitative estimate of drug-likeness (QED) is 0.638. The first-order chi connectivity index (χ1) is 13.5. The molecule has 5 heteroatoms. The summed E-state index contributed by atoms with van der Waals surface area (Å²) in [7, 11) is 5.92. The van der Waals surface area contributed by atoms with Crippen molar-refractivity contribution in [3.05, 3.63) is 88.1 Å². The standard InChI is InChI=1S/C23H27N3OS/c1-25(2)20-13-11-18(12-14-20)17-26(3)22(27)16-24-23(21-10-7-15-28-21)19-8-5-4-6-9-19/h4-15,23-24H,16-17H2,1-3H3/p+1/t23-/m1/s1. The Morgan fingerprint density at radius 2 is 1.68 bits per heavy atom. The maximum Gasteiger partial charge on any atom is 0.277 e. The summed E-state index contributed by atoms with van der Waals surface area (Å²) in [6.07, 6.45) is 0. The van der Waals surface area contributed by atoms with Crippen LogP contribution in [0.25, 0.3) is 0 Å². The van der Waals surface area contributed by atoms with Crippen LogP contribution in [0.5, 0.6) is 0 Å². The second-order valence-electron chi connectivity index (χ2n) is 7.15. The predicted octanol–water partition coefficient (Wildman–Crippen LogP) is 3.13. The lowest BCUT2D eigenvalue weighted by molar-refractivity contribution is -0.676. The number of hydrogen-bond donors (Lipinski definition) is 1. The van der Waals surface area contributed by atoms with Gasteiger partial charge in [-0.1, -0.05) is 48.5 Å². The fourth-order valence-corrected chi connectivity index (χ4v) is 4.03. The Hall–Kier alpha value is -2.63. The fourth-order valence-electron chi connectivity index (χ4n) is 3.18. The molecule has 0 aliphatic rings. The van der Waals surface area contributed by atoms with Gasteiger partial charge in [-0.2, -0.15) is 0 Å². The molecule has 2 N–H and O–H groups in total. The summed E-state index contributed by atoms with van der Waals surface area (Å²) in [4.78, 5) is 17.9. The number of benzene rings is 2. The molecule has 1 atom stereocenters. The van der Waals surface area contributed by atoms with Gasteiger partial charge in [0.25, 0.3) is 5.91 Å². The molecule has 0 unspecified atom stereocenters. The number of carbonyl (C=O) groups is 1. The predicted molar refractivity (Wildman–Crippen MR) is 117 cm³/mol. The Morgan fingerprint density at radius 3 is 2.29 bits per heavy atom. The molecule has 2 aromatic carbocycles. The molecule has 28 heavy (non-hydrogen) atoms. The van der Waals surface area contributed by atoms with Crippen LogP contribution in [0.4, 0.5) is 5.69 Å². The minimum atomic E-state index is 0.133. The Bertz CT molecular complexity index is 861. The lowest BCUT2D eigenvalue weighted by Crippen LogP contribution is -2.87. The van der Waals surface area contributed by atoms with Crippen molar-refractivity contribution < 1.29 is 10.1 Å². The molecule has 1 heterocycles. The van der Waals surface area contributed by atoms with Gasteiger partial charge in [0.1, 0.15) is 6.04 Å². The van der Waals surface area contributed by atoms with Crippen LogP contribution in [0.15, 0.2) is 72.1 Å².